The highest BCUT2D eigenvalue weighted by molar-refractivity contribution is 5.92. The zero-order valence-corrected chi connectivity index (χ0v) is 10.7. The maximum atomic E-state index is 11.8. The van der Waals surface area contributed by atoms with Gasteiger partial charge in [-0.1, -0.05) is 0 Å². The highest BCUT2D eigenvalue weighted by Crippen LogP contribution is 2.25. The number of H-pyrrole nitrogens is 2. The normalized spacial score (nSPS) is 22.8. The fourth-order valence-electron chi connectivity index (χ4n) is 2.36. The molecule has 1 aromatic heterocycles. The minimum Gasteiger partial charge on any atom is -0.469 e. The first-order valence-corrected chi connectivity index (χ1v) is 6.26. The van der Waals surface area contributed by atoms with Crippen LogP contribution in [-0.2, 0) is 9.53 Å². The summed E-state index contributed by atoms with van der Waals surface area (Å²) in [4.78, 5) is 38.9. The lowest BCUT2D eigenvalue weighted by molar-refractivity contribution is -0.146. The average molecular weight is 267 g/mol. The summed E-state index contributed by atoms with van der Waals surface area (Å²) < 4.78 is 4.71. The zero-order chi connectivity index (χ0) is 13.8. The molecule has 19 heavy (non-hydrogen) atoms. The predicted octanol–water partition coefficient (Wildman–Crippen LogP) is 0.165. The minimum absolute atomic E-state index is 0.0341. The molecule has 1 saturated carbocycles. The van der Waals surface area contributed by atoms with Crippen LogP contribution in [0.3, 0.4) is 0 Å². The Hall–Kier alpha value is -2.05. The van der Waals surface area contributed by atoms with Gasteiger partial charge in [-0.2, -0.15) is 0 Å². The molecule has 0 radical (unpaired) electrons. The van der Waals surface area contributed by atoms with E-state index in [0.29, 0.717) is 12.8 Å². The number of methoxy groups -OCH3 is 1. The molecule has 2 rings (SSSR count). The van der Waals surface area contributed by atoms with Crippen LogP contribution >= 0.6 is 0 Å². The van der Waals surface area contributed by atoms with Crippen molar-refractivity contribution in [1.29, 1.82) is 0 Å². The number of esters is 1. The number of aromatic amines is 2. The largest absolute Gasteiger partial charge is 0.469 e. The molecule has 0 aromatic carbocycles. The van der Waals surface area contributed by atoms with Gasteiger partial charge in [0.2, 0.25) is 0 Å². The molecule has 1 aromatic rings. The summed E-state index contributed by atoms with van der Waals surface area (Å²) in [7, 11) is 1.39. The number of amides is 1. The third-order valence-electron chi connectivity index (χ3n) is 3.44. The number of imidazole rings is 1. The van der Waals surface area contributed by atoms with Gasteiger partial charge in [-0.25, -0.2) is 4.79 Å². The summed E-state index contributed by atoms with van der Waals surface area (Å²) in [5.41, 5.74) is -0.181. The molecule has 0 unspecified atom stereocenters. The van der Waals surface area contributed by atoms with Gasteiger partial charge in [0.05, 0.1) is 13.0 Å². The summed E-state index contributed by atoms with van der Waals surface area (Å²) in [6, 6.07) is 0.0341. The Balaban J connectivity index is 1.84. The lowest BCUT2D eigenvalue weighted by Gasteiger charge is -2.27. The molecule has 3 N–H and O–H groups in total. The average Bonchev–Trinajstić information content (AvgIpc) is 2.85. The van der Waals surface area contributed by atoms with Crippen molar-refractivity contribution < 1.29 is 14.3 Å². The van der Waals surface area contributed by atoms with Crippen LogP contribution in [-0.4, -0.2) is 35.0 Å². The Kier molecular flexibility index (Phi) is 4.03. The molecule has 0 saturated heterocycles. The van der Waals surface area contributed by atoms with Crippen molar-refractivity contribution in [2.75, 3.05) is 7.11 Å². The van der Waals surface area contributed by atoms with E-state index in [9.17, 15) is 14.4 Å². The molecular weight excluding hydrogens is 250 g/mol. The Morgan fingerprint density at radius 1 is 1.32 bits per heavy atom. The smallest absolute Gasteiger partial charge is 0.323 e. The third kappa shape index (κ3) is 3.24. The lowest BCUT2D eigenvalue weighted by atomic mass is 9.86. The number of rotatable bonds is 3. The van der Waals surface area contributed by atoms with Crippen LogP contribution in [0.15, 0.2) is 11.0 Å². The Morgan fingerprint density at radius 3 is 2.53 bits per heavy atom. The van der Waals surface area contributed by atoms with Gasteiger partial charge in [0.15, 0.2) is 0 Å². The molecule has 1 aliphatic carbocycles. The number of carbonyl (C=O) groups is 2. The van der Waals surface area contributed by atoms with E-state index in [2.05, 4.69) is 15.3 Å². The van der Waals surface area contributed by atoms with E-state index in [1.165, 1.54) is 13.3 Å². The SMILES string of the molecule is COC(=O)C1CCC(NC(=O)c2c[nH]c(=O)[nH]2)CC1. The van der Waals surface area contributed by atoms with Gasteiger partial charge in [0.1, 0.15) is 5.69 Å². The molecule has 0 aliphatic heterocycles. The van der Waals surface area contributed by atoms with E-state index in [-0.39, 0.29) is 29.5 Å². The van der Waals surface area contributed by atoms with E-state index in [1.54, 1.807) is 0 Å². The molecule has 1 aliphatic rings. The fraction of sp³-hybridized carbons (Fsp3) is 0.583. The van der Waals surface area contributed by atoms with E-state index >= 15 is 0 Å². The quantitative estimate of drug-likeness (QED) is 0.679. The lowest BCUT2D eigenvalue weighted by Crippen LogP contribution is -2.39. The molecule has 1 amide bonds. The summed E-state index contributed by atoms with van der Waals surface area (Å²) in [5, 5.41) is 2.84. The van der Waals surface area contributed by atoms with Crippen LogP contribution in [0.2, 0.25) is 0 Å². The van der Waals surface area contributed by atoms with Gasteiger partial charge < -0.3 is 20.0 Å². The van der Waals surface area contributed by atoms with Gasteiger partial charge in [-0.05, 0) is 25.7 Å². The number of hydrogen-bond donors (Lipinski definition) is 3. The van der Waals surface area contributed by atoms with E-state index in [4.69, 9.17) is 4.74 Å². The van der Waals surface area contributed by atoms with E-state index in [0.717, 1.165) is 12.8 Å². The topological polar surface area (TPSA) is 104 Å². The standard InChI is InChI=1S/C12H17N3O4/c1-19-11(17)7-2-4-8(5-3-7)14-10(16)9-6-13-12(18)15-9/h6-8H,2-5H2,1H3,(H,14,16)(H2,13,15,18). The molecule has 0 bridgehead atoms. The summed E-state index contributed by atoms with van der Waals surface area (Å²) in [6.45, 7) is 0. The van der Waals surface area contributed by atoms with Crippen LogP contribution in [0, 0.1) is 5.92 Å². The Morgan fingerprint density at radius 2 is 2.00 bits per heavy atom. The molecule has 7 nitrogen and oxygen atoms in total. The van der Waals surface area contributed by atoms with Crippen molar-refractivity contribution in [1.82, 2.24) is 15.3 Å². The molecular formula is C12H17N3O4. The predicted molar refractivity (Wildman–Crippen MR) is 66.6 cm³/mol. The number of ether oxygens (including phenoxy) is 1. The summed E-state index contributed by atoms with van der Waals surface area (Å²) in [5.74, 6) is -0.551. The second-order valence-corrected chi connectivity index (χ2v) is 4.70. The first-order valence-electron chi connectivity index (χ1n) is 6.26. The number of carbonyl (C=O) groups excluding carboxylic acids is 2. The minimum atomic E-state index is -0.403. The van der Waals surface area contributed by atoms with Crippen LogP contribution in [0.4, 0.5) is 0 Å². The first kappa shape index (κ1) is 13.4. The number of hydrogen-bond acceptors (Lipinski definition) is 4. The van der Waals surface area contributed by atoms with Crippen LogP contribution < -0.4 is 11.0 Å². The van der Waals surface area contributed by atoms with E-state index in [1.807, 2.05) is 0 Å². The van der Waals surface area contributed by atoms with Crippen LogP contribution in [0.25, 0.3) is 0 Å². The highest BCUT2D eigenvalue weighted by Gasteiger charge is 2.27. The third-order valence-corrected chi connectivity index (χ3v) is 3.44. The second kappa shape index (κ2) is 5.73. The molecule has 0 atom stereocenters. The Bertz CT molecular complexity index is 511. The van der Waals surface area contributed by atoms with Crippen LogP contribution in [0.1, 0.15) is 36.2 Å². The molecule has 1 fully saturated rings. The highest BCUT2D eigenvalue weighted by atomic mass is 16.5. The van der Waals surface area contributed by atoms with Gasteiger partial charge in [0.25, 0.3) is 5.91 Å². The van der Waals surface area contributed by atoms with Gasteiger partial charge >= 0.3 is 11.7 Å². The summed E-state index contributed by atoms with van der Waals surface area (Å²) in [6.07, 6.45) is 4.24. The second-order valence-electron chi connectivity index (χ2n) is 4.70. The number of nitrogens with one attached hydrogen (secondary N) is 3. The van der Waals surface area contributed by atoms with E-state index < -0.39 is 5.69 Å². The molecule has 0 spiro atoms. The zero-order valence-electron chi connectivity index (χ0n) is 10.7. The van der Waals surface area contributed by atoms with Crippen LogP contribution in [0.5, 0.6) is 0 Å². The van der Waals surface area contributed by atoms with Gasteiger partial charge in [-0.3, -0.25) is 9.59 Å². The Labute approximate surface area is 109 Å². The fourth-order valence-corrected chi connectivity index (χ4v) is 2.36. The maximum Gasteiger partial charge on any atom is 0.323 e. The van der Waals surface area contributed by atoms with Crippen molar-refractivity contribution >= 4 is 11.9 Å². The van der Waals surface area contributed by atoms with Crippen molar-refractivity contribution in [2.24, 2.45) is 5.92 Å². The van der Waals surface area contributed by atoms with Crippen molar-refractivity contribution in [2.45, 2.75) is 31.7 Å². The van der Waals surface area contributed by atoms with Crippen molar-refractivity contribution in [3.8, 4) is 0 Å². The summed E-state index contributed by atoms with van der Waals surface area (Å²) >= 11 is 0. The maximum absolute atomic E-state index is 11.8. The number of aromatic nitrogens is 2. The molecule has 104 valence electrons. The van der Waals surface area contributed by atoms with Gasteiger partial charge in [0, 0.05) is 12.2 Å². The molecule has 1 heterocycles. The van der Waals surface area contributed by atoms with Gasteiger partial charge in [-0.15, -0.1) is 0 Å². The van der Waals surface area contributed by atoms with Crippen molar-refractivity contribution in [3.05, 3.63) is 22.4 Å². The molecule has 7 heteroatoms. The first-order chi connectivity index (χ1) is 9.10. The monoisotopic (exact) mass is 267 g/mol. The van der Waals surface area contributed by atoms with Crippen molar-refractivity contribution in [3.63, 3.8) is 0 Å².